The lowest BCUT2D eigenvalue weighted by Gasteiger charge is -2.23. The van der Waals surface area contributed by atoms with Crippen molar-refractivity contribution in [1.82, 2.24) is 9.80 Å². The number of hydrogen-bond donors (Lipinski definition) is 0. The Hall–Kier alpha value is -2.04. The maximum atomic E-state index is 12.9. The van der Waals surface area contributed by atoms with Gasteiger partial charge in [0.15, 0.2) is 0 Å². The van der Waals surface area contributed by atoms with Gasteiger partial charge in [0.1, 0.15) is 5.75 Å². The SMILES string of the molecule is CCCC(=O)N1CCCN(C(=O)c2cc(C)c(C)cc2OC)CC1. The van der Waals surface area contributed by atoms with Crippen molar-refractivity contribution in [3.8, 4) is 5.75 Å². The topological polar surface area (TPSA) is 49.9 Å². The molecule has 0 radical (unpaired) electrons. The van der Waals surface area contributed by atoms with E-state index in [4.69, 9.17) is 4.74 Å². The van der Waals surface area contributed by atoms with Gasteiger partial charge >= 0.3 is 0 Å². The lowest BCUT2D eigenvalue weighted by molar-refractivity contribution is -0.131. The number of rotatable bonds is 4. The van der Waals surface area contributed by atoms with Gasteiger partial charge in [0, 0.05) is 32.6 Å². The van der Waals surface area contributed by atoms with Gasteiger partial charge in [-0.1, -0.05) is 6.92 Å². The highest BCUT2D eigenvalue weighted by atomic mass is 16.5. The Morgan fingerprint density at radius 1 is 1.04 bits per heavy atom. The Labute approximate surface area is 144 Å². The maximum absolute atomic E-state index is 12.9. The monoisotopic (exact) mass is 332 g/mol. The Morgan fingerprint density at radius 3 is 2.33 bits per heavy atom. The van der Waals surface area contributed by atoms with Crippen LogP contribution in [0, 0.1) is 13.8 Å². The summed E-state index contributed by atoms with van der Waals surface area (Å²) in [6.45, 7) is 8.60. The Bertz CT molecular complexity index is 613. The van der Waals surface area contributed by atoms with Crippen molar-refractivity contribution < 1.29 is 14.3 Å². The number of nitrogens with zero attached hydrogens (tertiary/aromatic N) is 2. The smallest absolute Gasteiger partial charge is 0.257 e. The van der Waals surface area contributed by atoms with Gasteiger partial charge in [0.25, 0.3) is 5.91 Å². The van der Waals surface area contributed by atoms with Crippen molar-refractivity contribution in [2.24, 2.45) is 0 Å². The first-order valence-electron chi connectivity index (χ1n) is 8.70. The molecule has 2 rings (SSSR count). The fourth-order valence-corrected chi connectivity index (χ4v) is 3.04. The van der Waals surface area contributed by atoms with Gasteiger partial charge < -0.3 is 14.5 Å². The summed E-state index contributed by atoms with van der Waals surface area (Å²) >= 11 is 0. The minimum atomic E-state index is -0.0141. The minimum absolute atomic E-state index is 0.0141. The third kappa shape index (κ3) is 4.08. The molecule has 0 bridgehead atoms. The first-order chi connectivity index (χ1) is 11.5. The highest BCUT2D eigenvalue weighted by Crippen LogP contribution is 2.25. The van der Waals surface area contributed by atoms with Crippen LogP contribution in [0.5, 0.6) is 5.75 Å². The number of ether oxygens (including phenoxy) is 1. The quantitative estimate of drug-likeness (QED) is 0.852. The molecule has 0 aliphatic carbocycles. The average molecular weight is 332 g/mol. The van der Waals surface area contributed by atoms with Crippen LogP contribution in [0.25, 0.3) is 0 Å². The fourth-order valence-electron chi connectivity index (χ4n) is 3.04. The second-order valence-corrected chi connectivity index (χ2v) is 6.41. The highest BCUT2D eigenvalue weighted by molar-refractivity contribution is 5.97. The van der Waals surface area contributed by atoms with Crippen molar-refractivity contribution in [2.45, 2.75) is 40.0 Å². The van der Waals surface area contributed by atoms with E-state index in [1.807, 2.05) is 42.7 Å². The van der Waals surface area contributed by atoms with E-state index in [1.165, 1.54) is 0 Å². The summed E-state index contributed by atoms with van der Waals surface area (Å²) < 4.78 is 5.40. The Kier molecular flexibility index (Phi) is 6.23. The summed E-state index contributed by atoms with van der Waals surface area (Å²) in [4.78, 5) is 28.7. The van der Waals surface area contributed by atoms with Gasteiger partial charge in [-0.3, -0.25) is 9.59 Å². The summed E-state index contributed by atoms with van der Waals surface area (Å²) in [6, 6.07) is 3.82. The minimum Gasteiger partial charge on any atom is -0.496 e. The molecule has 1 saturated heterocycles. The number of aryl methyl sites for hydroxylation is 2. The van der Waals surface area contributed by atoms with E-state index < -0.39 is 0 Å². The molecule has 0 saturated carbocycles. The van der Waals surface area contributed by atoms with E-state index in [0.29, 0.717) is 37.4 Å². The lowest BCUT2D eigenvalue weighted by Crippen LogP contribution is -2.37. The molecule has 1 fully saturated rings. The molecule has 132 valence electrons. The molecule has 1 heterocycles. The molecular formula is C19H28N2O3. The summed E-state index contributed by atoms with van der Waals surface area (Å²) in [5.74, 6) is 0.793. The van der Waals surface area contributed by atoms with Crippen LogP contribution < -0.4 is 4.74 Å². The zero-order chi connectivity index (χ0) is 17.7. The standard InChI is InChI=1S/C19H28N2O3/c1-5-7-18(22)20-8-6-9-21(11-10-20)19(23)16-12-14(2)15(3)13-17(16)24-4/h12-13H,5-11H2,1-4H3. The van der Waals surface area contributed by atoms with Crippen molar-refractivity contribution in [2.75, 3.05) is 33.3 Å². The molecule has 1 aromatic rings. The largest absolute Gasteiger partial charge is 0.496 e. The molecule has 0 unspecified atom stereocenters. The first-order valence-corrected chi connectivity index (χ1v) is 8.70. The van der Waals surface area contributed by atoms with Crippen molar-refractivity contribution >= 4 is 11.8 Å². The van der Waals surface area contributed by atoms with E-state index in [2.05, 4.69) is 0 Å². The van der Waals surface area contributed by atoms with Gasteiger partial charge in [-0.15, -0.1) is 0 Å². The number of benzene rings is 1. The van der Waals surface area contributed by atoms with E-state index in [-0.39, 0.29) is 11.8 Å². The number of methoxy groups -OCH3 is 1. The van der Waals surface area contributed by atoms with Crippen LogP contribution in [0.3, 0.4) is 0 Å². The fraction of sp³-hybridized carbons (Fsp3) is 0.579. The van der Waals surface area contributed by atoms with E-state index in [0.717, 1.165) is 30.5 Å². The summed E-state index contributed by atoms with van der Waals surface area (Å²) in [6.07, 6.45) is 2.26. The van der Waals surface area contributed by atoms with Crippen LogP contribution in [-0.4, -0.2) is 54.9 Å². The van der Waals surface area contributed by atoms with Gasteiger partial charge in [0.05, 0.1) is 12.7 Å². The average Bonchev–Trinajstić information content (AvgIpc) is 2.82. The van der Waals surface area contributed by atoms with Gasteiger partial charge in [-0.05, 0) is 49.9 Å². The van der Waals surface area contributed by atoms with Crippen LogP contribution in [0.15, 0.2) is 12.1 Å². The lowest BCUT2D eigenvalue weighted by atomic mass is 10.0. The highest BCUT2D eigenvalue weighted by Gasteiger charge is 2.24. The van der Waals surface area contributed by atoms with Gasteiger partial charge in [-0.2, -0.15) is 0 Å². The Morgan fingerprint density at radius 2 is 1.67 bits per heavy atom. The number of amides is 2. The summed E-state index contributed by atoms with van der Waals surface area (Å²) in [5.41, 5.74) is 2.79. The van der Waals surface area contributed by atoms with Crippen LogP contribution in [-0.2, 0) is 4.79 Å². The van der Waals surface area contributed by atoms with Crippen molar-refractivity contribution in [1.29, 1.82) is 0 Å². The Balaban J connectivity index is 2.13. The van der Waals surface area contributed by atoms with E-state index in [9.17, 15) is 9.59 Å². The zero-order valence-electron chi connectivity index (χ0n) is 15.2. The van der Waals surface area contributed by atoms with E-state index >= 15 is 0 Å². The number of carbonyl (C=O) groups excluding carboxylic acids is 2. The first kappa shape index (κ1) is 18.3. The molecule has 5 nitrogen and oxygen atoms in total. The molecule has 0 spiro atoms. The molecule has 1 aromatic carbocycles. The maximum Gasteiger partial charge on any atom is 0.257 e. The molecular weight excluding hydrogens is 304 g/mol. The van der Waals surface area contributed by atoms with E-state index in [1.54, 1.807) is 7.11 Å². The van der Waals surface area contributed by atoms with Crippen LogP contribution >= 0.6 is 0 Å². The number of hydrogen-bond acceptors (Lipinski definition) is 3. The van der Waals surface area contributed by atoms with Crippen molar-refractivity contribution in [3.05, 3.63) is 28.8 Å². The van der Waals surface area contributed by atoms with Crippen LogP contribution in [0.2, 0.25) is 0 Å². The second-order valence-electron chi connectivity index (χ2n) is 6.41. The molecule has 24 heavy (non-hydrogen) atoms. The third-order valence-electron chi connectivity index (χ3n) is 4.65. The predicted octanol–water partition coefficient (Wildman–Crippen LogP) is 2.79. The second kappa shape index (κ2) is 8.18. The normalized spacial score (nSPS) is 15.2. The van der Waals surface area contributed by atoms with Crippen molar-refractivity contribution in [3.63, 3.8) is 0 Å². The molecule has 2 amide bonds. The third-order valence-corrected chi connectivity index (χ3v) is 4.65. The molecule has 1 aliphatic heterocycles. The van der Waals surface area contributed by atoms with Gasteiger partial charge in [0.2, 0.25) is 5.91 Å². The molecule has 5 heteroatoms. The molecule has 0 N–H and O–H groups in total. The van der Waals surface area contributed by atoms with Crippen LogP contribution in [0.1, 0.15) is 47.7 Å². The molecule has 0 atom stereocenters. The van der Waals surface area contributed by atoms with Gasteiger partial charge in [-0.25, -0.2) is 0 Å². The summed E-state index contributed by atoms with van der Waals surface area (Å²) in [5, 5.41) is 0. The summed E-state index contributed by atoms with van der Waals surface area (Å²) in [7, 11) is 1.59. The number of carbonyl (C=O) groups is 2. The zero-order valence-corrected chi connectivity index (χ0v) is 15.2. The molecule has 0 aromatic heterocycles. The predicted molar refractivity (Wildman–Crippen MR) is 94.5 cm³/mol. The van der Waals surface area contributed by atoms with Crippen LogP contribution in [0.4, 0.5) is 0 Å². The molecule has 1 aliphatic rings.